The van der Waals surface area contributed by atoms with Gasteiger partial charge in [0.2, 0.25) is 41.1 Å². The van der Waals surface area contributed by atoms with Gasteiger partial charge in [0.25, 0.3) is 0 Å². The lowest BCUT2D eigenvalue weighted by molar-refractivity contribution is -0.140. The maximum Gasteiger partial charge on any atom is 0.320 e. The number of ketones is 1. The normalized spacial score (nSPS) is 15.4. The number of hydrogen-bond acceptors (Lipinski definition) is 23. The van der Waals surface area contributed by atoms with Gasteiger partial charge >= 0.3 is 29.8 Å². The predicted molar refractivity (Wildman–Crippen MR) is 259 cm³/mol. The van der Waals surface area contributed by atoms with E-state index in [0.29, 0.717) is 0 Å². The molecule has 3 rings (SSSR count). The van der Waals surface area contributed by atoms with E-state index < -0.39 is 153 Å². The number of amides is 5. The lowest BCUT2D eigenvalue weighted by atomic mass is 9.92. The summed E-state index contributed by atoms with van der Waals surface area (Å²) in [6, 6.07) is -2.30. The summed E-state index contributed by atoms with van der Waals surface area (Å²) >= 11 is 0. The summed E-state index contributed by atoms with van der Waals surface area (Å²) in [7, 11) is 0. The first-order valence-corrected chi connectivity index (χ1v) is 23.4. The van der Waals surface area contributed by atoms with E-state index in [9.17, 15) is 57.8 Å². The number of carbonyl (C=O) groups excluding carboxylic acids is 6. The standard InChI is InChI=1S/C45H62N10O23/c46-22(41(63)64)1-6-31(56)51-15-73-21-13-27(74-16-52-32(57)7-2-23(47)42(65)66)36-28(14-21)78-39(38(62)37(36)61)20-11-29(75-17-53-33(58)8-3-24(48)43(67)68)40(77-19-55-35(60)10-5-26(50)45(71)72)30(12-20)76-18-54-34(59)9-4-25(49)44(69)70/h11-14,22-26,38-39,62H,1-10,15-19,46-50H2,(H,51,56)(H,52,57)(H,53,58)(H,54,59)(H,55,60)(H,63,64)(H,65,66)(H,67,68)(H,69,70)(H,71,72). The monoisotopic (exact) mass is 1110 g/mol. The molecule has 0 aliphatic carbocycles. The number of nitrogens with one attached hydrogen (secondary N) is 5. The average molecular weight is 1110 g/mol. The molecule has 33 nitrogen and oxygen atoms in total. The van der Waals surface area contributed by atoms with E-state index in [0.717, 1.165) is 24.3 Å². The zero-order valence-corrected chi connectivity index (χ0v) is 41.5. The van der Waals surface area contributed by atoms with Crippen LogP contribution in [-0.2, 0) is 47.9 Å². The largest absolute Gasteiger partial charge is 0.481 e. The number of hydrogen-bond donors (Lipinski definition) is 16. The molecule has 21 N–H and O–H groups in total. The maximum absolute atomic E-state index is 14.2. The number of carboxylic acids is 5. The number of ether oxygens (including phenoxy) is 6. The molecule has 0 radical (unpaired) electrons. The summed E-state index contributed by atoms with van der Waals surface area (Å²) in [4.78, 5) is 133. The number of rotatable bonds is 36. The smallest absolute Gasteiger partial charge is 0.320 e. The first kappa shape index (κ1) is 63.7. The minimum absolute atomic E-state index is 0.170. The molecule has 78 heavy (non-hydrogen) atoms. The summed E-state index contributed by atoms with van der Waals surface area (Å²) in [5.74, 6) is -13.5. The van der Waals surface area contributed by atoms with Crippen molar-refractivity contribution < 1.29 is 112 Å². The van der Waals surface area contributed by atoms with Gasteiger partial charge in [-0.3, -0.25) is 52.7 Å². The van der Waals surface area contributed by atoms with Crippen molar-refractivity contribution in [2.45, 2.75) is 107 Å². The number of carboxylic acid groups (broad SMARTS) is 5. The first-order chi connectivity index (χ1) is 36.8. The average Bonchev–Trinajstić information content (AvgIpc) is 3.43. The zero-order valence-electron chi connectivity index (χ0n) is 41.5. The molecule has 430 valence electrons. The molecule has 0 aromatic heterocycles. The van der Waals surface area contributed by atoms with Crippen molar-refractivity contribution in [3.05, 3.63) is 35.4 Å². The summed E-state index contributed by atoms with van der Waals surface area (Å²) in [5.41, 5.74) is 26.9. The molecule has 0 bridgehead atoms. The Kier molecular flexibility index (Phi) is 25.6. The Morgan fingerprint density at radius 2 is 0.769 bits per heavy atom. The molecule has 2 aromatic rings. The van der Waals surface area contributed by atoms with Crippen LogP contribution in [0.2, 0.25) is 0 Å². The Bertz CT molecular complexity index is 2450. The molecular weight excluding hydrogens is 1050 g/mol. The molecule has 0 fully saturated rings. The van der Waals surface area contributed by atoms with Gasteiger partial charge in [-0.1, -0.05) is 0 Å². The van der Waals surface area contributed by atoms with Crippen LogP contribution in [0.25, 0.3) is 0 Å². The number of fused-ring (bicyclic) bond motifs is 1. The Morgan fingerprint density at radius 3 is 1.10 bits per heavy atom. The summed E-state index contributed by atoms with van der Waals surface area (Å²) in [5, 5.41) is 69.0. The second-order valence-electron chi connectivity index (χ2n) is 16.8. The molecular formula is C45H62N10O23. The van der Waals surface area contributed by atoms with E-state index in [1.54, 1.807) is 0 Å². The lowest BCUT2D eigenvalue weighted by Gasteiger charge is -2.32. The first-order valence-electron chi connectivity index (χ1n) is 23.4. The highest BCUT2D eigenvalue weighted by Gasteiger charge is 2.41. The van der Waals surface area contributed by atoms with Gasteiger partial charge in [-0.25, -0.2) is 0 Å². The van der Waals surface area contributed by atoms with Crippen molar-refractivity contribution in [1.29, 1.82) is 0 Å². The van der Waals surface area contributed by atoms with E-state index >= 15 is 0 Å². The molecule has 5 amide bonds. The Balaban J connectivity index is 2.11. The van der Waals surface area contributed by atoms with Gasteiger partial charge < -0.3 is 114 Å². The second-order valence-corrected chi connectivity index (χ2v) is 16.8. The van der Waals surface area contributed by atoms with Gasteiger partial charge in [-0.05, 0) is 44.2 Å². The lowest BCUT2D eigenvalue weighted by Crippen LogP contribution is -2.37. The van der Waals surface area contributed by atoms with E-state index in [2.05, 4.69) is 26.6 Å². The number of nitrogens with two attached hydrogens (primary N) is 5. The van der Waals surface area contributed by atoms with Gasteiger partial charge in [0.1, 0.15) is 53.0 Å². The third-order valence-electron chi connectivity index (χ3n) is 10.9. The van der Waals surface area contributed by atoms with Crippen molar-refractivity contribution in [2.24, 2.45) is 28.7 Å². The molecule has 0 saturated carbocycles. The molecule has 1 aliphatic heterocycles. The molecule has 0 saturated heterocycles. The van der Waals surface area contributed by atoms with Crippen LogP contribution >= 0.6 is 0 Å². The van der Waals surface area contributed by atoms with Gasteiger partial charge in [0.05, 0.1) is 0 Å². The van der Waals surface area contributed by atoms with Crippen molar-refractivity contribution in [3.63, 3.8) is 0 Å². The topological polar surface area (TPSA) is 555 Å². The summed E-state index contributed by atoms with van der Waals surface area (Å²) in [6.07, 6.45) is -7.01. The molecule has 1 aliphatic rings. The second kappa shape index (κ2) is 31.4. The predicted octanol–water partition coefficient (Wildman–Crippen LogP) is -4.41. The van der Waals surface area contributed by atoms with Crippen molar-refractivity contribution in [3.8, 4) is 34.5 Å². The number of carbonyl (C=O) groups is 11. The maximum atomic E-state index is 14.2. The minimum Gasteiger partial charge on any atom is -0.481 e. The number of aliphatic hydroxyl groups is 1. The van der Waals surface area contributed by atoms with E-state index in [-0.39, 0.29) is 98.5 Å². The van der Waals surface area contributed by atoms with Gasteiger partial charge in [0.15, 0.2) is 57.4 Å². The zero-order chi connectivity index (χ0) is 58.2. The Morgan fingerprint density at radius 1 is 0.462 bits per heavy atom. The van der Waals surface area contributed by atoms with E-state index in [1.807, 2.05) is 0 Å². The highest BCUT2D eigenvalue weighted by molar-refractivity contribution is 6.06. The van der Waals surface area contributed by atoms with Crippen LogP contribution in [-0.4, -0.2) is 166 Å². The number of benzene rings is 2. The molecule has 7 unspecified atom stereocenters. The molecule has 0 spiro atoms. The number of Topliss-reactive ketones (excluding diaryl/α,β-unsaturated/α-hetero) is 1. The van der Waals surface area contributed by atoms with Crippen LogP contribution in [0.4, 0.5) is 0 Å². The van der Waals surface area contributed by atoms with Crippen LogP contribution < -0.4 is 83.7 Å². The fourth-order valence-corrected chi connectivity index (χ4v) is 6.42. The molecule has 2 aromatic carbocycles. The van der Waals surface area contributed by atoms with Gasteiger partial charge in [-0.15, -0.1) is 0 Å². The van der Waals surface area contributed by atoms with Crippen LogP contribution in [0.3, 0.4) is 0 Å². The van der Waals surface area contributed by atoms with Gasteiger partial charge in [0, 0.05) is 49.8 Å². The third kappa shape index (κ3) is 21.2. The molecule has 33 heteroatoms. The molecule has 1 heterocycles. The fraction of sp³-hybridized carbons (Fsp3) is 0.489. The van der Waals surface area contributed by atoms with Gasteiger partial charge in [-0.2, -0.15) is 0 Å². The minimum atomic E-state index is -2.14. The SMILES string of the molecule is NC(CCC(=O)NCOc1cc(OCNC(=O)CCC(N)C(=O)O)c2c(c1)OC(c1cc(OCNC(=O)CCC(N)C(=O)O)c(OCNC(=O)CCC(N)C(=O)O)c(OCNC(=O)CCC(N)C(=O)O)c1)C(O)C2=O)C(=O)O. The third-order valence-corrected chi connectivity index (χ3v) is 10.9. The number of aliphatic carboxylic acids is 5. The van der Waals surface area contributed by atoms with E-state index in [4.69, 9.17) is 82.6 Å². The molecule has 7 atom stereocenters. The van der Waals surface area contributed by atoms with Crippen LogP contribution in [0.1, 0.15) is 86.2 Å². The van der Waals surface area contributed by atoms with Crippen molar-refractivity contribution in [2.75, 3.05) is 33.7 Å². The highest BCUT2D eigenvalue weighted by atomic mass is 16.6. The van der Waals surface area contributed by atoms with E-state index in [1.165, 1.54) is 0 Å². The highest BCUT2D eigenvalue weighted by Crippen LogP contribution is 2.46. The summed E-state index contributed by atoms with van der Waals surface area (Å²) < 4.78 is 35.1. The summed E-state index contributed by atoms with van der Waals surface area (Å²) in [6.45, 7) is -3.33. The fourth-order valence-electron chi connectivity index (χ4n) is 6.42. The van der Waals surface area contributed by atoms with Crippen molar-refractivity contribution in [1.82, 2.24) is 26.6 Å². The van der Waals surface area contributed by atoms with Crippen LogP contribution in [0.5, 0.6) is 34.5 Å². The van der Waals surface area contributed by atoms with Crippen molar-refractivity contribution >= 4 is 65.2 Å². The quantitative estimate of drug-likeness (QED) is 0.0286. The van der Waals surface area contributed by atoms with Crippen LogP contribution in [0, 0.1) is 0 Å². The Labute approximate surface area is 441 Å². The van der Waals surface area contributed by atoms with Crippen LogP contribution in [0.15, 0.2) is 24.3 Å². The number of aliphatic hydroxyl groups excluding tert-OH is 1. The Hall–Kier alpha value is -8.63.